The molecule has 27 heavy (non-hydrogen) atoms. The highest BCUT2D eigenvalue weighted by Crippen LogP contribution is 2.37. The van der Waals surface area contributed by atoms with Gasteiger partial charge < -0.3 is 9.47 Å². The van der Waals surface area contributed by atoms with E-state index >= 15 is 0 Å². The molecule has 3 rings (SSSR count). The van der Waals surface area contributed by atoms with E-state index in [-0.39, 0.29) is 18.3 Å². The Morgan fingerprint density at radius 1 is 1.00 bits per heavy atom. The molecule has 0 aliphatic heterocycles. The topological polar surface area (TPSA) is 52.6 Å². The fourth-order valence-electron chi connectivity index (χ4n) is 3.17. The second-order valence-electron chi connectivity index (χ2n) is 6.58. The summed E-state index contributed by atoms with van der Waals surface area (Å²) in [6, 6.07) is 9.92. The smallest absolute Gasteiger partial charge is 0.337 e. The Morgan fingerprint density at radius 3 is 2.15 bits per heavy atom. The number of Topliss-reactive ketones (excluding diaryl/α,β-unsaturated/α-hetero) is 1. The first kappa shape index (κ1) is 19.7. The molecule has 1 aliphatic rings. The van der Waals surface area contributed by atoms with Crippen molar-refractivity contribution in [2.45, 2.75) is 38.2 Å². The average Bonchev–Trinajstić information content (AvgIpc) is 3.17. The number of halogens is 2. The van der Waals surface area contributed by atoms with Gasteiger partial charge in [-0.3, -0.25) is 4.79 Å². The predicted octanol–water partition coefficient (Wildman–Crippen LogP) is 5.53. The number of hydrogen-bond acceptors (Lipinski definition) is 4. The van der Waals surface area contributed by atoms with E-state index in [1.807, 2.05) is 0 Å². The molecule has 0 saturated heterocycles. The summed E-state index contributed by atoms with van der Waals surface area (Å²) in [5, 5.41) is 0.692. The lowest BCUT2D eigenvalue weighted by molar-refractivity contribution is 0.0600. The summed E-state index contributed by atoms with van der Waals surface area (Å²) in [5.74, 6) is -0.0782. The van der Waals surface area contributed by atoms with Gasteiger partial charge in [-0.2, -0.15) is 0 Å². The molecule has 1 saturated carbocycles. The average molecular weight is 407 g/mol. The van der Waals surface area contributed by atoms with Gasteiger partial charge in [-0.1, -0.05) is 35.3 Å². The third-order valence-electron chi connectivity index (χ3n) is 4.65. The highest BCUT2D eigenvalue weighted by atomic mass is 35.5. The summed E-state index contributed by atoms with van der Waals surface area (Å²) in [4.78, 5) is 24.1. The number of carbonyl (C=O) groups excluding carboxylic acids is 2. The zero-order valence-corrected chi connectivity index (χ0v) is 16.5. The molecule has 0 aromatic heterocycles. The van der Waals surface area contributed by atoms with Crippen LogP contribution in [0.4, 0.5) is 0 Å². The van der Waals surface area contributed by atoms with Crippen LogP contribution in [0, 0.1) is 0 Å². The van der Waals surface area contributed by atoms with Gasteiger partial charge in [0, 0.05) is 12.0 Å². The zero-order chi connectivity index (χ0) is 19.4. The lowest BCUT2D eigenvalue weighted by Crippen LogP contribution is -2.12. The maximum Gasteiger partial charge on any atom is 0.337 e. The lowest BCUT2D eigenvalue weighted by atomic mass is 10.0. The van der Waals surface area contributed by atoms with Crippen LogP contribution in [-0.2, 0) is 11.2 Å². The van der Waals surface area contributed by atoms with Crippen molar-refractivity contribution in [3.05, 3.63) is 63.1 Å². The molecule has 1 fully saturated rings. The van der Waals surface area contributed by atoms with E-state index in [1.54, 1.807) is 36.4 Å². The standard InChI is InChI=1S/C21H20Cl2O4/c1-26-21(25)14-8-6-13(7-9-14)10-19(24)15-11-17(22)20(18(23)12-15)27-16-4-2-3-5-16/h6-9,11-12,16H,2-5,10H2,1H3. The van der Waals surface area contributed by atoms with Crippen molar-refractivity contribution in [3.8, 4) is 5.75 Å². The molecule has 1 aliphatic carbocycles. The zero-order valence-electron chi connectivity index (χ0n) is 15.0. The number of hydrogen-bond donors (Lipinski definition) is 0. The summed E-state index contributed by atoms with van der Waals surface area (Å²) in [5.41, 5.74) is 1.65. The molecule has 2 aromatic carbocycles. The van der Waals surface area contributed by atoms with E-state index in [9.17, 15) is 9.59 Å². The minimum atomic E-state index is -0.413. The van der Waals surface area contributed by atoms with Crippen molar-refractivity contribution in [1.29, 1.82) is 0 Å². The second kappa shape index (κ2) is 8.77. The first-order valence-corrected chi connectivity index (χ1v) is 9.59. The van der Waals surface area contributed by atoms with Crippen LogP contribution in [0.2, 0.25) is 10.0 Å². The predicted molar refractivity (Wildman–Crippen MR) is 105 cm³/mol. The number of rotatable bonds is 6. The third-order valence-corrected chi connectivity index (χ3v) is 5.21. The number of ether oxygens (including phenoxy) is 2. The van der Waals surface area contributed by atoms with Crippen molar-refractivity contribution < 1.29 is 19.1 Å². The summed E-state index contributed by atoms with van der Waals surface area (Å²) in [6.07, 6.45) is 4.59. The first-order valence-electron chi connectivity index (χ1n) is 8.84. The third kappa shape index (κ3) is 4.82. The van der Waals surface area contributed by atoms with E-state index in [4.69, 9.17) is 27.9 Å². The van der Waals surface area contributed by atoms with Crippen molar-refractivity contribution in [3.63, 3.8) is 0 Å². The number of carbonyl (C=O) groups is 2. The van der Waals surface area contributed by atoms with Crippen LogP contribution in [0.15, 0.2) is 36.4 Å². The van der Waals surface area contributed by atoms with E-state index in [0.29, 0.717) is 26.9 Å². The van der Waals surface area contributed by atoms with E-state index < -0.39 is 5.97 Å². The monoisotopic (exact) mass is 406 g/mol. The summed E-state index contributed by atoms with van der Waals surface area (Å²) in [7, 11) is 1.33. The van der Waals surface area contributed by atoms with Crippen LogP contribution in [0.1, 0.15) is 52.0 Å². The highest BCUT2D eigenvalue weighted by Gasteiger charge is 2.21. The van der Waals surface area contributed by atoms with E-state index in [2.05, 4.69) is 4.74 Å². The van der Waals surface area contributed by atoms with Gasteiger partial charge in [-0.15, -0.1) is 0 Å². The van der Waals surface area contributed by atoms with Crippen LogP contribution in [0.5, 0.6) is 5.75 Å². The molecule has 6 heteroatoms. The molecular weight excluding hydrogens is 387 g/mol. The van der Waals surface area contributed by atoms with Gasteiger partial charge in [0.25, 0.3) is 0 Å². The molecule has 0 bridgehead atoms. The SMILES string of the molecule is COC(=O)c1ccc(CC(=O)c2cc(Cl)c(OC3CCCC3)c(Cl)c2)cc1. The molecule has 4 nitrogen and oxygen atoms in total. The van der Waals surface area contributed by atoms with Crippen LogP contribution >= 0.6 is 23.2 Å². The van der Waals surface area contributed by atoms with Crippen LogP contribution < -0.4 is 4.74 Å². The van der Waals surface area contributed by atoms with Crippen LogP contribution in [-0.4, -0.2) is 25.0 Å². The van der Waals surface area contributed by atoms with Gasteiger partial charge in [0.2, 0.25) is 0 Å². The van der Waals surface area contributed by atoms with Crippen molar-refractivity contribution in [2.75, 3.05) is 7.11 Å². The van der Waals surface area contributed by atoms with E-state index in [1.165, 1.54) is 7.11 Å². The number of ketones is 1. The molecule has 0 N–H and O–H groups in total. The number of methoxy groups -OCH3 is 1. The van der Waals surface area contributed by atoms with Crippen LogP contribution in [0.3, 0.4) is 0 Å². The van der Waals surface area contributed by atoms with E-state index in [0.717, 1.165) is 31.2 Å². The van der Waals surface area contributed by atoms with Crippen LogP contribution in [0.25, 0.3) is 0 Å². The van der Waals surface area contributed by atoms with Crippen molar-refractivity contribution in [2.24, 2.45) is 0 Å². The molecule has 2 aromatic rings. The Labute approximate surface area is 168 Å². The number of benzene rings is 2. The fourth-order valence-corrected chi connectivity index (χ4v) is 3.75. The van der Waals surface area contributed by atoms with Gasteiger partial charge in [0.05, 0.1) is 28.8 Å². The van der Waals surface area contributed by atoms with Gasteiger partial charge in [-0.05, 0) is 55.5 Å². The van der Waals surface area contributed by atoms with Crippen molar-refractivity contribution in [1.82, 2.24) is 0 Å². The minimum absolute atomic E-state index is 0.114. The first-order chi connectivity index (χ1) is 13.0. The van der Waals surface area contributed by atoms with Crippen molar-refractivity contribution >= 4 is 35.0 Å². The van der Waals surface area contributed by atoms with Gasteiger partial charge in [-0.25, -0.2) is 4.79 Å². The molecule has 0 unspecified atom stereocenters. The molecule has 0 amide bonds. The Kier molecular flexibility index (Phi) is 6.40. The maximum atomic E-state index is 12.6. The van der Waals surface area contributed by atoms with Gasteiger partial charge in [0.15, 0.2) is 11.5 Å². The summed E-state index contributed by atoms with van der Waals surface area (Å²) < 4.78 is 10.6. The minimum Gasteiger partial charge on any atom is -0.487 e. The molecule has 0 spiro atoms. The van der Waals surface area contributed by atoms with Gasteiger partial charge in [0.1, 0.15) is 0 Å². The molecular formula is C21H20Cl2O4. The Balaban J connectivity index is 1.71. The highest BCUT2D eigenvalue weighted by molar-refractivity contribution is 6.37. The Morgan fingerprint density at radius 2 is 1.59 bits per heavy atom. The van der Waals surface area contributed by atoms with Gasteiger partial charge >= 0.3 is 5.97 Å². The largest absolute Gasteiger partial charge is 0.487 e. The lowest BCUT2D eigenvalue weighted by Gasteiger charge is -2.16. The Hall–Kier alpha value is -2.04. The molecule has 0 atom stereocenters. The quantitative estimate of drug-likeness (QED) is 0.467. The molecule has 142 valence electrons. The molecule has 0 radical (unpaired) electrons. The normalized spacial score (nSPS) is 14.2. The Bertz CT molecular complexity index is 817. The fraction of sp³-hybridized carbons (Fsp3) is 0.333. The molecule has 0 heterocycles. The maximum absolute atomic E-state index is 12.6. The summed E-state index contributed by atoms with van der Waals surface area (Å²) in [6.45, 7) is 0. The number of esters is 1. The summed E-state index contributed by atoms with van der Waals surface area (Å²) >= 11 is 12.6. The second-order valence-corrected chi connectivity index (χ2v) is 7.40.